The maximum atomic E-state index is 13.3. The van der Waals surface area contributed by atoms with E-state index in [0.717, 1.165) is 0 Å². The van der Waals surface area contributed by atoms with E-state index in [0.29, 0.717) is 5.56 Å². The SMILES string of the molecule is CC(C)c1cc(Cl)c(F)c(Cl)c1F. The van der Waals surface area contributed by atoms with Crippen LogP contribution in [-0.4, -0.2) is 0 Å². The van der Waals surface area contributed by atoms with Crippen molar-refractivity contribution in [2.45, 2.75) is 19.8 Å². The molecule has 0 saturated heterocycles. The van der Waals surface area contributed by atoms with Crippen molar-refractivity contribution in [2.24, 2.45) is 0 Å². The van der Waals surface area contributed by atoms with Crippen molar-refractivity contribution in [3.8, 4) is 0 Å². The fourth-order valence-electron chi connectivity index (χ4n) is 1.01. The van der Waals surface area contributed by atoms with Gasteiger partial charge in [0.2, 0.25) is 0 Å². The van der Waals surface area contributed by atoms with Crippen LogP contribution in [0.25, 0.3) is 0 Å². The van der Waals surface area contributed by atoms with Crippen LogP contribution in [0.1, 0.15) is 25.3 Å². The highest BCUT2D eigenvalue weighted by Crippen LogP contribution is 2.31. The van der Waals surface area contributed by atoms with Gasteiger partial charge in [-0.15, -0.1) is 0 Å². The van der Waals surface area contributed by atoms with Crippen molar-refractivity contribution < 1.29 is 8.78 Å². The topological polar surface area (TPSA) is 0 Å². The Morgan fingerprint density at radius 1 is 1.15 bits per heavy atom. The molecule has 1 aromatic carbocycles. The summed E-state index contributed by atoms with van der Waals surface area (Å²) in [7, 11) is 0. The molecule has 0 nitrogen and oxygen atoms in total. The fourth-order valence-corrected chi connectivity index (χ4v) is 1.48. The molecular weight excluding hydrogens is 217 g/mol. The van der Waals surface area contributed by atoms with Gasteiger partial charge in [-0.05, 0) is 17.5 Å². The van der Waals surface area contributed by atoms with Crippen molar-refractivity contribution in [2.75, 3.05) is 0 Å². The summed E-state index contributed by atoms with van der Waals surface area (Å²) in [6.07, 6.45) is 0. The Labute approximate surface area is 85.5 Å². The summed E-state index contributed by atoms with van der Waals surface area (Å²) in [5.74, 6) is -1.69. The second-order valence-electron chi connectivity index (χ2n) is 3.04. The lowest BCUT2D eigenvalue weighted by Crippen LogP contribution is -1.96. The number of rotatable bonds is 1. The van der Waals surface area contributed by atoms with E-state index in [2.05, 4.69) is 0 Å². The lowest BCUT2D eigenvalue weighted by molar-refractivity contribution is 0.566. The lowest BCUT2D eigenvalue weighted by atomic mass is 10.0. The molecule has 0 N–H and O–H groups in total. The summed E-state index contributed by atoms with van der Waals surface area (Å²) in [6.45, 7) is 3.56. The standard InChI is InChI=1S/C9H8Cl2F2/c1-4(2)5-3-6(10)9(13)7(11)8(5)12/h3-4H,1-2H3. The second-order valence-corrected chi connectivity index (χ2v) is 3.83. The molecule has 1 rings (SSSR count). The maximum Gasteiger partial charge on any atom is 0.163 e. The number of hydrogen-bond acceptors (Lipinski definition) is 0. The normalized spacial score (nSPS) is 11.0. The third-order valence-corrected chi connectivity index (χ3v) is 2.36. The minimum Gasteiger partial charge on any atom is -0.205 e. The van der Waals surface area contributed by atoms with Gasteiger partial charge in [-0.25, -0.2) is 8.78 Å². The number of halogens is 4. The summed E-state index contributed by atoms with van der Waals surface area (Å²) in [5.41, 5.74) is 0.330. The van der Waals surface area contributed by atoms with Crippen LogP contribution in [0.2, 0.25) is 10.0 Å². The van der Waals surface area contributed by atoms with Gasteiger partial charge < -0.3 is 0 Å². The molecule has 13 heavy (non-hydrogen) atoms. The Morgan fingerprint density at radius 3 is 2.15 bits per heavy atom. The van der Waals surface area contributed by atoms with E-state index in [9.17, 15) is 8.78 Å². The molecule has 0 aromatic heterocycles. The van der Waals surface area contributed by atoms with Gasteiger partial charge >= 0.3 is 0 Å². The number of hydrogen-bond donors (Lipinski definition) is 0. The van der Waals surface area contributed by atoms with E-state index in [4.69, 9.17) is 23.2 Å². The number of benzene rings is 1. The smallest absolute Gasteiger partial charge is 0.163 e. The van der Waals surface area contributed by atoms with E-state index in [1.54, 1.807) is 13.8 Å². The summed E-state index contributed by atoms with van der Waals surface area (Å²) in [5, 5.41) is -0.675. The molecule has 0 amide bonds. The van der Waals surface area contributed by atoms with Crippen LogP contribution in [0.4, 0.5) is 8.78 Å². The second kappa shape index (κ2) is 3.81. The maximum absolute atomic E-state index is 13.3. The fraction of sp³-hybridized carbons (Fsp3) is 0.333. The van der Waals surface area contributed by atoms with Crippen molar-refractivity contribution in [1.82, 2.24) is 0 Å². The van der Waals surface area contributed by atoms with Gasteiger partial charge in [-0.1, -0.05) is 37.0 Å². The van der Waals surface area contributed by atoms with Crippen LogP contribution in [0.5, 0.6) is 0 Å². The Morgan fingerprint density at radius 2 is 1.69 bits per heavy atom. The zero-order valence-electron chi connectivity index (χ0n) is 7.17. The average Bonchev–Trinajstić information content (AvgIpc) is 2.07. The van der Waals surface area contributed by atoms with Crippen LogP contribution < -0.4 is 0 Å². The van der Waals surface area contributed by atoms with E-state index in [1.165, 1.54) is 6.07 Å². The predicted octanol–water partition coefficient (Wildman–Crippen LogP) is 4.40. The Balaban J connectivity index is 3.41. The van der Waals surface area contributed by atoms with Crippen LogP contribution in [0.3, 0.4) is 0 Å². The Kier molecular flexibility index (Phi) is 3.14. The molecule has 0 saturated carbocycles. The van der Waals surface area contributed by atoms with Gasteiger partial charge in [0.25, 0.3) is 0 Å². The van der Waals surface area contributed by atoms with Gasteiger partial charge in [0.15, 0.2) is 5.82 Å². The first kappa shape index (κ1) is 10.7. The van der Waals surface area contributed by atoms with Gasteiger partial charge in [0, 0.05) is 0 Å². The molecule has 0 aliphatic carbocycles. The summed E-state index contributed by atoms with van der Waals surface area (Å²) >= 11 is 10.9. The first-order valence-corrected chi connectivity index (χ1v) is 4.53. The predicted molar refractivity (Wildman–Crippen MR) is 50.5 cm³/mol. The first-order chi connectivity index (χ1) is 5.95. The van der Waals surface area contributed by atoms with E-state index in [1.807, 2.05) is 0 Å². The molecule has 1 aromatic rings. The molecule has 0 unspecified atom stereocenters. The molecule has 0 aliphatic rings. The van der Waals surface area contributed by atoms with E-state index < -0.39 is 16.7 Å². The van der Waals surface area contributed by atoms with Crippen LogP contribution in [0.15, 0.2) is 6.07 Å². The van der Waals surface area contributed by atoms with E-state index in [-0.39, 0.29) is 10.9 Å². The molecule has 0 fully saturated rings. The quantitative estimate of drug-likeness (QED) is 0.491. The molecule has 0 heterocycles. The first-order valence-electron chi connectivity index (χ1n) is 3.78. The van der Waals surface area contributed by atoms with Crippen molar-refractivity contribution in [3.63, 3.8) is 0 Å². The van der Waals surface area contributed by atoms with Crippen LogP contribution in [0, 0.1) is 11.6 Å². The summed E-state index contributed by atoms with van der Waals surface area (Å²) in [4.78, 5) is 0. The van der Waals surface area contributed by atoms with Crippen molar-refractivity contribution in [1.29, 1.82) is 0 Å². The molecule has 0 atom stereocenters. The zero-order chi connectivity index (χ0) is 10.2. The third-order valence-electron chi connectivity index (χ3n) is 1.75. The Bertz CT molecular complexity index is 335. The molecular formula is C9H8Cl2F2. The summed E-state index contributed by atoms with van der Waals surface area (Å²) in [6, 6.07) is 1.27. The highest BCUT2D eigenvalue weighted by Gasteiger charge is 2.17. The lowest BCUT2D eigenvalue weighted by Gasteiger charge is -2.09. The minimum absolute atomic E-state index is 0.0735. The van der Waals surface area contributed by atoms with Crippen molar-refractivity contribution >= 4 is 23.2 Å². The monoisotopic (exact) mass is 224 g/mol. The molecule has 0 bridgehead atoms. The van der Waals surface area contributed by atoms with Crippen molar-refractivity contribution in [3.05, 3.63) is 33.3 Å². The highest BCUT2D eigenvalue weighted by atomic mass is 35.5. The van der Waals surface area contributed by atoms with E-state index >= 15 is 0 Å². The largest absolute Gasteiger partial charge is 0.205 e. The average molecular weight is 225 g/mol. The highest BCUT2D eigenvalue weighted by molar-refractivity contribution is 6.35. The molecule has 0 aliphatic heterocycles. The molecule has 0 spiro atoms. The zero-order valence-corrected chi connectivity index (χ0v) is 8.68. The van der Waals surface area contributed by atoms with Gasteiger partial charge in [0.1, 0.15) is 10.8 Å². The van der Waals surface area contributed by atoms with Crippen LogP contribution >= 0.6 is 23.2 Å². The van der Waals surface area contributed by atoms with Gasteiger partial charge in [-0.2, -0.15) is 0 Å². The van der Waals surface area contributed by atoms with Gasteiger partial charge in [-0.3, -0.25) is 0 Å². The molecule has 72 valence electrons. The molecule has 0 radical (unpaired) electrons. The molecule has 4 heteroatoms. The van der Waals surface area contributed by atoms with Gasteiger partial charge in [0.05, 0.1) is 5.02 Å². The summed E-state index contributed by atoms with van der Waals surface area (Å²) < 4.78 is 26.2. The third kappa shape index (κ3) is 1.94. The van der Waals surface area contributed by atoms with Crippen LogP contribution in [-0.2, 0) is 0 Å². The Hall–Kier alpha value is -0.340. The minimum atomic E-state index is -0.898.